The van der Waals surface area contributed by atoms with Gasteiger partial charge in [0, 0.05) is 30.7 Å². The highest BCUT2D eigenvalue weighted by Gasteiger charge is 2.46. The van der Waals surface area contributed by atoms with Gasteiger partial charge in [-0.1, -0.05) is 37.6 Å². The summed E-state index contributed by atoms with van der Waals surface area (Å²) in [5, 5.41) is 11.9. The molecule has 8 heteroatoms. The largest absolute Gasteiger partial charge is 0.507 e. The molecule has 2 heterocycles. The van der Waals surface area contributed by atoms with Crippen LogP contribution < -0.4 is 9.64 Å². The second kappa shape index (κ2) is 10.1. The molecule has 0 spiro atoms. The zero-order valence-electron chi connectivity index (χ0n) is 19.8. The van der Waals surface area contributed by atoms with Gasteiger partial charge in [0.2, 0.25) is 0 Å². The average molecular weight is 484 g/mol. The first kappa shape index (κ1) is 24.1. The zero-order chi connectivity index (χ0) is 24.4. The number of amides is 1. The number of aliphatic hydroxyl groups excluding tert-OH is 1. The number of Topliss-reactive ketones (excluding diaryl/α,β-unsaturated/α-hetero) is 1. The minimum absolute atomic E-state index is 0.0891. The zero-order valence-corrected chi connectivity index (χ0v) is 20.5. The van der Waals surface area contributed by atoms with E-state index in [1.54, 1.807) is 47.4 Å². The van der Waals surface area contributed by atoms with E-state index in [2.05, 4.69) is 18.7 Å². The van der Waals surface area contributed by atoms with Crippen LogP contribution in [0.2, 0.25) is 5.02 Å². The molecule has 1 saturated heterocycles. The lowest BCUT2D eigenvalue weighted by Gasteiger charge is -2.29. The molecule has 1 N–H and O–H groups in total. The first-order chi connectivity index (χ1) is 16.3. The van der Waals surface area contributed by atoms with E-state index in [0.29, 0.717) is 30.3 Å². The molecule has 2 aromatic rings. The molecule has 0 aromatic heterocycles. The normalized spacial score (nSPS) is 19.5. The molecule has 1 unspecified atom stereocenters. The average Bonchev–Trinajstić information content (AvgIpc) is 3.10. The lowest BCUT2D eigenvalue weighted by molar-refractivity contribution is -0.140. The Morgan fingerprint density at radius 3 is 2.53 bits per heavy atom. The summed E-state index contributed by atoms with van der Waals surface area (Å²) in [6.45, 7) is 8.12. The summed E-state index contributed by atoms with van der Waals surface area (Å²) in [5.74, 6) is -0.754. The van der Waals surface area contributed by atoms with Crippen molar-refractivity contribution >= 4 is 34.7 Å². The number of hydrogen-bond donors (Lipinski definition) is 1. The number of halogens is 1. The quantitative estimate of drug-likeness (QED) is 0.365. The SMILES string of the molecule is CCN(CC)CCN1C(=O)C(=O)/C(=C(\O)c2ccc3c(c2)N(C)CCO3)C1c1ccc(Cl)cc1. The molecule has 2 aliphatic rings. The Kier molecular flexibility index (Phi) is 7.14. The Morgan fingerprint density at radius 1 is 1.15 bits per heavy atom. The number of carbonyl (C=O) groups is 2. The first-order valence-corrected chi connectivity index (χ1v) is 12.0. The summed E-state index contributed by atoms with van der Waals surface area (Å²) in [4.78, 5) is 32.2. The van der Waals surface area contributed by atoms with E-state index in [0.717, 1.165) is 36.6 Å². The predicted molar refractivity (Wildman–Crippen MR) is 133 cm³/mol. The summed E-state index contributed by atoms with van der Waals surface area (Å²) in [6.07, 6.45) is 0. The number of anilines is 1. The number of benzene rings is 2. The Morgan fingerprint density at radius 2 is 1.85 bits per heavy atom. The number of carbonyl (C=O) groups excluding carboxylic acids is 2. The minimum Gasteiger partial charge on any atom is -0.507 e. The second-order valence-electron chi connectivity index (χ2n) is 8.52. The van der Waals surface area contributed by atoms with Gasteiger partial charge in [0.05, 0.1) is 23.8 Å². The number of ketones is 1. The summed E-state index contributed by atoms with van der Waals surface area (Å²) in [5.41, 5.74) is 2.11. The molecule has 2 aliphatic heterocycles. The molecule has 4 rings (SSSR count). The molecule has 7 nitrogen and oxygen atoms in total. The van der Waals surface area contributed by atoms with Gasteiger partial charge in [0.15, 0.2) is 0 Å². The highest BCUT2D eigenvalue weighted by Crippen LogP contribution is 2.41. The number of likely N-dealkylation sites (N-methyl/N-ethyl adjacent to an activating group) is 2. The monoisotopic (exact) mass is 483 g/mol. The fourth-order valence-electron chi connectivity index (χ4n) is 4.54. The topological polar surface area (TPSA) is 73.3 Å². The number of nitrogens with zero attached hydrogens (tertiary/aromatic N) is 3. The summed E-state index contributed by atoms with van der Waals surface area (Å²) >= 11 is 6.10. The van der Waals surface area contributed by atoms with Crippen molar-refractivity contribution in [3.05, 3.63) is 64.2 Å². The van der Waals surface area contributed by atoms with E-state index in [4.69, 9.17) is 16.3 Å². The van der Waals surface area contributed by atoms with Crippen LogP contribution in [0.4, 0.5) is 5.69 Å². The molecule has 0 aliphatic carbocycles. The minimum atomic E-state index is -0.696. The van der Waals surface area contributed by atoms with Crippen LogP contribution in [-0.2, 0) is 9.59 Å². The van der Waals surface area contributed by atoms with Gasteiger partial charge in [-0.25, -0.2) is 0 Å². The van der Waals surface area contributed by atoms with E-state index >= 15 is 0 Å². The van der Waals surface area contributed by atoms with Gasteiger partial charge >= 0.3 is 0 Å². The summed E-state index contributed by atoms with van der Waals surface area (Å²) < 4.78 is 5.70. The van der Waals surface area contributed by atoms with Gasteiger partial charge in [0.25, 0.3) is 11.7 Å². The van der Waals surface area contributed by atoms with Crippen LogP contribution in [0.1, 0.15) is 31.0 Å². The predicted octanol–water partition coefficient (Wildman–Crippen LogP) is 3.93. The Labute approximate surface area is 205 Å². The maximum Gasteiger partial charge on any atom is 0.295 e. The maximum absolute atomic E-state index is 13.2. The molecular formula is C26H30ClN3O4. The smallest absolute Gasteiger partial charge is 0.295 e. The maximum atomic E-state index is 13.2. The van der Waals surface area contributed by atoms with Crippen LogP contribution in [0.3, 0.4) is 0 Å². The lowest BCUT2D eigenvalue weighted by atomic mass is 9.95. The number of rotatable bonds is 7. The number of likely N-dealkylation sites (tertiary alicyclic amines) is 1. The van der Waals surface area contributed by atoms with Gasteiger partial charge in [-0.05, 0) is 49.0 Å². The van der Waals surface area contributed by atoms with Crippen LogP contribution in [0.15, 0.2) is 48.0 Å². The number of hydrogen-bond acceptors (Lipinski definition) is 6. The van der Waals surface area contributed by atoms with Crippen molar-refractivity contribution in [3.8, 4) is 5.75 Å². The van der Waals surface area contributed by atoms with Gasteiger partial charge in [-0.3, -0.25) is 9.59 Å². The molecule has 1 amide bonds. The van der Waals surface area contributed by atoms with Crippen molar-refractivity contribution in [2.24, 2.45) is 0 Å². The molecule has 0 bridgehead atoms. The van der Waals surface area contributed by atoms with Crippen molar-refractivity contribution in [2.45, 2.75) is 19.9 Å². The van der Waals surface area contributed by atoms with E-state index in [1.165, 1.54) is 0 Å². The summed E-state index contributed by atoms with van der Waals surface area (Å²) in [7, 11) is 1.95. The van der Waals surface area contributed by atoms with E-state index in [9.17, 15) is 14.7 Å². The molecule has 0 saturated carbocycles. The second-order valence-corrected chi connectivity index (χ2v) is 8.96. The Balaban J connectivity index is 1.79. The van der Waals surface area contributed by atoms with Crippen molar-refractivity contribution in [2.75, 3.05) is 51.3 Å². The Bertz CT molecular complexity index is 1110. The van der Waals surface area contributed by atoms with Gasteiger partial charge < -0.3 is 24.5 Å². The van der Waals surface area contributed by atoms with Crippen LogP contribution in [-0.4, -0.2) is 73.0 Å². The first-order valence-electron chi connectivity index (χ1n) is 11.6. The molecule has 180 valence electrons. The third kappa shape index (κ3) is 4.50. The van der Waals surface area contributed by atoms with Crippen molar-refractivity contribution in [3.63, 3.8) is 0 Å². The standard InChI is InChI=1S/C26H30ClN3O4/c1-4-29(5-2)12-13-30-23(17-6-9-19(27)10-7-17)22(25(32)26(30)33)24(31)18-8-11-21-20(16-18)28(3)14-15-34-21/h6-11,16,23,31H,4-5,12-15H2,1-3H3/b24-22-. The fourth-order valence-corrected chi connectivity index (χ4v) is 4.67. The van der Waals surface area contributed by atoms with Crippen LogP contribution >= 0.6 is 11.6 Å². The van der Waals surface area contributed by atoms with Crippen molar-refractivity contribution < 1.29 is 19.4 Å². The fraction of sp³-hybridized carbons (Fsp3) is 0.385. The molecule has 1 fully saturated rings. The van der Waals surface area contributed by atoms with Gasteiger partial charge in [-0.15, -0.1) is 0 Å². The van der Waals surface area contributed by atoms with E-state index in [-0.39, 0.29) is 11.3 Å². The molecule has 1 atom stereocenters. The molecule has 0 radical (unpaired) electrons. The van der Waals surface area contributed by atoms with E-state index in [1.807, 2.05) is 11.9 Å². The van der Waals surface area contributed by atoms with Gasteiger partial charge in [-0.2, -0.15) is 0 Å². The van der Waals surface area contributed by atoms with E-state index < -0.39 is 17.7 Å². The van der Waals surface area contributed by atoms with Crippen LogP contribution in [0.25, 0.3) is 5.76 Å². The molecule has 34 heavy (non-hydrogen) atoms. The lowest BCUT2D eigenvalue weighted by Crippen LogP contribution is -2.38. The molecular weight excluding hydrogens is 454 g/mol. The Hall–Kier alpha value is -3.03. The van der Waals surface area contributed by atoms with Crippen LogP contribution in [0.5, 0.6) is 5.75 Å². The number of aliphatic hydroxyl groups is 1. The number of ether oxygens (including phenoxy) is 1. The highest BCUT2D eigenvalue weighted by atomic mass is 35.5. The summed E-state index contributed by atoms with van der Waals surface area (Å²) in [6, 6.07) is 11.7. The van der Waals surface area contributed by atoms with Crippen molar-refractivity contribution in [1.29, 1.82) is 0 Å². The number of fused-ring (bicyclic) bond motifs is 1. The van der Waals surface area contributed by atoms with Gasteiger partial charge in [0.1, 0.15) is 18.1 Å². The third-order valence-corrected chi connectivity index (χ3v) is 6.86. The third-order valence-electron chi connectivity index (χ3n) is 6.61. The highest BCUT2D eigenvalue weighted by molar-refractivity contribution is 6.46. The van der Waals surface area contributed by atoms with Crippen LogP contribution in [0, 0.1) is 0 Å². The molecule has 2 aromatic carbocycles. The van der Waals surface area contributed by atoms with Crippen molar-refractivity contribution in [1.82, 2.24) is 9.80 Å².